The van der Waals surface area contributed by atoms with Gasteiger partial charge in [0.25, 0.3) is 0 Å². The van der Waals surface area contributed by atoms with Gasteiger partial charge in [0.2, 0.25) is 20.0 Å². The van der Waals surface area contributed by atoms with Crippen LogP contribution < -0.4 is 23.7 Å². The average molecular weight is 973 g/mol. The topological polar surface area (TPSA) is 215 Å². The van der Waals surface area contributed by atoms with Crippen molar-refractivity contribution in [1.82, 2.24) is 19.0 Å². The summed E-state index contributed by atoms with van der Waals surface area (Å²) in [4.78, 5) is 27.0. The van der Waals surface area contributed by atoms with E-state index >= 15 is 0 Å². The fourth-order valence-corrected chi connectivity index (χ4v) is 9.67. The number of methoxy groups -OCH3 is 1. The molecule has 7 aromatic rings. The summed E-state index contributed by atoms with van der Waals surface area (Å²) in [6.45, 7) is 8.24. The van der Waals surface area contributed by atoms with Crippen LogP contribution >= 0.6 is 0 Å². The Kier molecular flexibility index (Phi) is 16.9. The number of ether oxygens (including phenoxy) is 3. The van der Waals surface area contributed by atoms with E-state index in [1.165, 1.54) is 48.5 Å². The quantitative estimate of drug-likeness (QED) is 0.0510. The number of benzene rings is 5. The van der Waals surface area contributed by atoms with E-state index in [-0.39, 0.29) is 35.8 Å². The van der Waals surface area contributed by atoms with E-state index in [1.54, 1.807) is 27.2 Å². The number of H-pyrrole nitrogens is 1. The number of hydrogen-bond donors (Lipinski definition) is 5. The first-order valence-corrected chi connectivity index (χ1v) is 24.5. The van der Waals surface area contributed by atoms with E-state index < -0.39 is 44.1 Å². The summed E-state index contributed by atoms with van der Waals surface area (Å²) in [7, 11) is -6.53. The molecule has 5 N–H and O–H groups in total. The maximum atomic E-state index is 13.1. The zero-order valence-electron chi connectivity index (χ0n) is 38.6. The number of aromatic nitrogens is 2. The van der Waals surface area contributed by atoms with E-state index in [4.69, 9.17) is 14.2 Å². The van der Waals surface area contributed by atoms with Crippen LogP contribution in [0.3, 0.4) is 0 Å². The standard InChI is InChI=1S/C30H30N2O6S.C22H22N2O5S/c1-4-5-16-38-25-11-13-26(14-12-25)39(35,36)31-28(30(33)34)18-23-20-32(29-15-6-21(2)17-27(23)29)19-22-7-9-24(37-3)10-8-22;1-3-4-11-29-17-6-8-18(9-7-17)30(27,28)24-21(22(25)26)13-16-14-23-20-10-5-15(2)12-19(16)20/h6-15,17,20,28,31H,16,18-19H2,1-3H3,(H,33,34);5-10,12,14,21,23-24H,11,13H2,1-2H3,(H,25,26). The van der Waals surface area contributed by atoms with Gasteiger partial charge in [0.1, 0.15) is 42.5 Å². The molecule has 0 aliphatic carbocycles. The lowest BCUT2D eigenvalue weighted by Crippen LogP contribution is -2.42. The maximum absolute atomic E-state index is 13.1. The third-order valence-electron chi connectivity index (χ3n) is 10.8. The number of sulfonamides is 2. The molecule has 7 rings (SSSR count). The predicted molar refractivity (Wildman–Crippen MR) is 263 cm³/mol. The Morgan fingerprint density at radius 1 is 0.652 bits per heavy atom. The molecule has 0 aliphatic heterocycles. The Morgan fingerprint density at radius 3 is 1.62 bits per heavy atom. The molecule has 0 amide bonds. The fraction of sp³-hybridized carbons (Fsp3) is 0.231. The van der Waals surface area contributed by atoms with Gasteiger partial charge >= 0.3 is 11.9 Å². The predicted octanol–water partition coefficient (Wildman–Crippen LogP) is 7.24. The van der Waals surface area contributed by atoms with E-state index in [9.17, 15) is 36.6 Å². The van der Waals surface area contributed by atoms with E-state index in [0.29, 0.717) is 18.0 Å². The lowest BCUT2D eigenvalue weighted by Gasteiger charge is -2.15. The number of aryl methyl sites for hydroxylation is 2. The SMILES string of the molecule is CC#CCOc1ccc(S(=O)(=O)NC(Cc2c[nH]c3ccc(C)cc23)C(=O)O)cc1.CC#CCOc1ccc(S(=O)(=O)NC(Cc2cn(Cc3ccc(OC)cc3)c3ccc(C)cc23)C(=O)O)cc1. The second kappa shape index (κ2) is 23.0. The molecule has 5 aromatic carbocycles. The van der Waals surface area contributed by atoms with Crippen molar-refractivity contribution < 1.29 is 50.8 Å². The Hall–Kier alpha value is -7.54. The number of nitrogens with one attached hydrogen (secondary N) is 3. The molecule has 2 unspecified atom stereocenters. The van der Waals surface area contributed by atoms with Crippen molar-refractivity contribution >= 4 is 53.8 Å². The highest BCUT2D eigenvalue weighted by atomic mass is 32.2. The Labute approximate surface area is 401 Å². The van der Waals surface area contributed by atoms with Crippen molar-refractivity contribution in [2.24, 2.45) is 0 Å². The fourth-order valence-electron chi connectivity index (χ4n) is 7.29. The Morgan fingerprint density at radius 2 is 1.13 bits per heavy atom. The van der Waals surface area contributed by atoms with Gasteiger partial charge in [-0.15, -0.1) is 11.8 Å². The highest BCUT2D eigenvalue weighted by Gasteiger charge is 2.28. The van der Waals surface area contributed by atoms with E-state index in [0.717, 1.165) is 55.4 Å². The number of carboxylic acid groups (broad SMARTS) is 2. The van der Waals surface area contributed by atoms with Crippen molar-refractivity contribution in [1.29, 1.82) is 0 Å². The summed E-state index contributed by atoms with van der Waals surface area (Å²) in [5.74, 6) is 10.1. The van der Waals surface area contributed by atoms with Crippen LogP contribution in [0.15, 0.2) is 131 Å². The van der Waals surface area contributed by atoms with Gasteiger partial charge < -0.3 is 34.0 Å². The lowest BCUT2D eigenvalue weighted by atomic mass is 10.0. The molecule has 0 spiro atoms. The zero-order valence-corrected chi connectivity index (χ0v) is 40.2. The molecule has 0 aliphatic rings. The minimum Gasteiger partial charge on any atom is -0.497 e. The van der Waals surface area contributed by atoms with Crippen molar-refractivity contribution in [3.8, 4) is 40.9 Å². The Bertz CT molecular complexity index is 3290. The van der Waals surface area contributed by atoms with Crippen molar-refractivity contribution in [2.45, 2.75) is 69.0 Å². The molecule has 17 heteroatoms. The normalized spacial score (nSPS) is 12.1. The first-order valence-electron chi connectivity index (χ1n) is 21.5. The van der Waals surface area contributed by atoms with Gasteiger partial charge in [0.05, 0.1) is 16.9 Å². The lowest BCUT2D eigenvalue weighted by molar-refractivity contribution is -0.139. The summed E-state index contributed by atoms with van der Waals surface area (Å²) in [5, 5.41) is 21.3. The molecule has 15 nitrogen and oxygen atoms in total. The zero-order chi connectivity index (χ0) is 49.7. The van der Waals surface area contributed by atoms with Crippen LogP contribution in [0, 0.1) is 37.5 Å². The number of aromatic amines is 1. The second-order valence-corrected chi connectivity index (χ2v) is 19.2. The monoisotopic (exact) mass is 972 g/mol. The third-order valence-corrected chi connectivity index (χ3v) is 13.8. The Balaban J connectivity index is 0.000000235. The first-order chi connectivity index (χ1) is 33.0. The number of nitrogens with zero attached hydrogens (tertiary/aromatic N) is 1. The highest BCUT2D eigenvalue weighted by Crippen LogP contribution is 2.27. The minimum absolute atomic E-state index is 0.00883. The van der Waals surface area contributed by atoms with Crippen LogP contribution in [0.2, 0.25) is 0 Å². The van der Waals surface area contributed by atoms with Crippen LogP contribution in [0.4, 0.5) is 0 Å². The minimum atomic E-state index is -4.11. The molecule has 0 saturated heterocycles. The van der Waals surface area contributed by atoms with Gasteiger partial charge in [0, 0.05) is 53.6 Å². The molecule has 69 heavy (non-hydrogen) atoms. The number of hydrogen-bond acceptors (Lipinski definition) is 9. The molecule has 0 saturated carbocycles. The van der Waals surface area contributed by atoms with Crippen molar-refractivity contribution in [3.63, 3.8) is 0 Å². The van der Waals surface area contributed by atoms with Crippen LogP contribution in [0.5, 0.6) is 17.2 Å². The molecule has 0 fully saturated rings. The maximum Gasteiger partial charge on any atom is 0.322 e. The van der Waals surface area contributed by atoms with Crippen LogP contribution in [-0.2, 0) is 49.0 Å². The third kappa shape index (κ3) is 13.6. The molecular formula is C52H52N4O11S2. The molecule has 0 bridgehead atoms. The summed E-state index contributed by atoms with van der Waals surface area (Å²) < 4.78 is 74.3. The van der Waals surface area contributed by atoms with Crippen molar-refractivity contribution in [3.05, 3.63) is 149 Å². The van der Waals surface area contributed by atoms with Gasteiger partial charge in [-0.1, -0.05) is 47.2 Å². The number of carbonyl (C=O) groups is 2. The number of aliphatic carboxylic acids is 2. The van der Waals surface area contributed by atoms with Gasteiger partial charge in [0.15, 0.2) is 0 Å². The first kappa shape index (κ1) is 50.9. The summed E-state index contributed by atoms with van der Waals surface area (Å²) >= 11 is 0. The molecule has 2 heterocycles. The highest BCUT2D eigenvalue weighted by molar-refractivity contribution is 7.89. The molecule has 358 valence electrons. The van der Waals surface area contributed by atoms with Crippen LogP contribution in [-0.4, -0.2) is 80.9 Å². The summed E-state index contributed by atoms with van der Waals surface area (Å²) in [5.41, 5.74) is 6.36. The number of rotatable bonds is 19. The molecule has 2 aromatic heterocycles. The van der Waals surface area contributed by atoms with E-state index in [1.807, 2.05) is 85.3 Å². The second-order valence-electron chi connectivity index (χ2n) is 15.8. The smallest absolute Gasteiger partial charge is 0.322 e. The molecule has 2 atom stereocenters. The largest absolute Gasteiger partial charge is 0.497 e. The summed E-state index contributed by atoms with van der Waals surface area (Å²) in [6.07, 6.45) is 3.58. The van der Waals surface area contributed by atoms with Gasteiger partial charge in [-0.05, 0) is 129 Å². The average Bonchev–Trinajstić information content (AvgIpc) is 3.88. The van der Waals surface area contributed by atoms with E-state index in [2.05, 4.69) is 38.1 Å². The van der Waals surface area contributed by atoms with Crippen molar-refractivity contribution in [2.75, 3.05) is 20.3 Å². The molecule has 0 radical (unpaired) electrons. The summed E-state index contributed by atoms with van der Waals surface area (Å²) in [6, 6.07) is 28.3. The molecular weight excluding hydrogens is 921 g/mol. The van der Waals surface area contributed by atoms with Crippen LogP contribution in [0.25, 0.3) is 21.8 Å². The van der Waals surface area contributed by atoms with Gasteiger partial charge in [-0.2, -0.15) is 9.44 Å². The van der Waals surface area contributed by atoms with Gasteiger partial charge in [-0.3, -0.25) is 9.59 Å². The number of carboxylic acids is 2. The van der Waals surface area contributed by atoms with Crippen LogP contribution in [0.1, 0.15) is 41.7 Å². The van der Waals surface area contributed by atoms with Gasteiger partial charge in [-0.25, -0.2) is 16.8 Å². The number of fused-ring (bicyclic) bond motifs is 2.